The molecule has 3 heterocycles. The Hall–Kier alpha value is -7.42. The fourth-order valence-electron chi connectivity index (χ4n) is 9.38. The number of rotatable bonds is 24. The number of anilines is 3. The highest BCUT2D eigenvalue weighted by Gasteiger charge is 2.37. The number of carbonyl (C=O) groups excluding carboxylic acids is 8. The van der Waals surface area contributed by atoms with Crippen LogP contribution >= 0.6 is 19.4 Å². The summed E-state index contributed by atoms with van der Waals surface area (Å²) in [6, 6.07) is 19.5. The number of nitrogens with one attached hydrogen (secondary N) is 7. The predicted molar refractivity (Wildman–Crippen MR) is 291 cm³/mol. The zero-order chi connectivity index (χ0) is 55.8. The van der Waals surface area contributed by atoms with Gasteiger partial charge in [0.15, 0.2) is 0 Å². The van der Waals surface area contributed by atoms with Crippen molar-refractivity contribution in [3.05, 3.63) is 108 Å². The summed E-state index contributed by atoms with van der Waals surface area (Å²) >= 11 is 6.42. The minimum absolute atomic E-state index is 0.0796. The van der Waals surface area contributed by atoms with Gasteiger partial charge in [0.25, 0.3) is 23.6 Å². The maximum Gasteiger partial charge on any atom is 0.524 e. The molecule has 1 unspecified atom stereocenters. The molecule has 0 saturated heterocycles. The minimum atomic E-state index is -4.96. The number of H-pyrrole nitrogens is 1. The third-order valence-electron chi connectivity index (χ3n) is 13.7. The Morgan fingerprint density at radius 1 is 0.883 bits per heavy atom. The van der Waals surface area contributed by atoms with Gasteiger partial charge in [0.05, 0.1) is 11.7 Å². The van der Waals surface area contributed by atoms with Crippen LogP contribution < -0.4 is 41.3 Å². The summed E-state index contributed by atoms with van der Waals surface area (Å²) in [5, 5.41) is 19.2. The zero-order valence-corrected chi connectivity index (χ0v) is 44.9. The third kappa shape index (κ3) is 14.3. The van der Waals surface area contributed by atoms with Crippen molar-refractivity contribution in [1.29, 1.82) is 0 Å². The standard InChI is InChI=1S/C54H63ClN9O12P/c1-6-54(5,30-58-32(4)65)27-42(62-52(71)49(31(2)3)57-22-21-56-45(66)12-9-23-63-46(67)19-20-47(63)68)51(70)59-36-15-13-33(14-16-36)50(69)60-37-17-18-40-34(24-37)25-41(61-40)53(72)64-29-35(28-55)48-39-11-8-7-10-38(39)44(26-43(48)64)76-77(73,74)75/h7-8,10-11,13-20,24-26,31,35,42,49,57,61H,6,9,12,21-23,27-30H2,1-5H3,(H,56,66)(H,58,65)(H,59,70)(H,60,69)(H,62,71)(H2,73,74,75)/t35-,42+,49+,54?/m1/s1. The summed E-state index contributed by atoms with van der Waals surface area (Å²) in [5.74, 6) is -3.63. The summed E-state index contributed by atoms with van der Waals surface area (Å²) in [6.07, 6.45) is 3.47. The topological polar surface area (TPSA) is 298 Å². The van der Waals surface area contributed by atoms with Crippen molar-refractivity contribution in [3.63, 3.8) is 0 Å². The van der Waals surface area contributed by atoms with E-state index in [0.29, 0.717) is 51.6 Å². The maximum absolute atomic E-state index is 14.2. The van der Waals surface area contributed by atoms with Crippen molar-refractivity contribution < 1.29 is 57.2 Å². The van der Waals surface area contributed by atoms with E-state index in [1.165, 1.54) is 42.2 Å². The highest BCUT2D eigenvalue weighted by molar-refractivity contribution is 7.46. The molecule has 0 aliphatic carbocycles. The van der Waals surface area contributed by atoms with Gasteiger partial charge >= 0.3 is 7.82 Å². The molecule has 8 amide bonds. The average Bonchev–Trinajstić information content (AvgIpc) is 4.08. The first-order valence-corrected chi connectivity index (χ1v) is 27.3. The van der Waals surface area contributed by atoms with Gasteiger partial charge in [-0.25, -0.2) is 4.57 Å². The Balaban J connectivity index is 0.982. The largest absolute Gasteiger partial charge is 0.524 e. The molecule has 2 aliphatic rings. The molecule has 77 heavy (non-hydrogen) atoms. The van der Waals surface area contributed by atoms with Gasteiger partial charge in [0.1, 0.15) is 17.5 Å². The lowest BCUT2D eigenvalue weighted by Crippen LogP contribution is -2.55. The fourth-order valence-corrected chi connectivity index (χ4v) is 10.0. The van der Waals surface area contributed by atoms with Gasteiger partial charge in [0.2, 0.25) is 23.6 Å². The summed E-state index contributed by atoms with van der Waals surface area (Å²) in [5.41, 5.74) is 2.41. The number of nitrogens with zero attached hydrogens (tertiary/aromatic N) is 2. The Labute approximate surface area is 449 Å². The van der Waals surface area contributed by atoms with E-state index >= 15 is 0 Å². The number of alkyl halides is 1. The van der Waals surface area contributed by atoms with Crippen molar-refractivity contribution in [2.24, 2.45) is 11.3 Å². The van der Waals surface area contributed by atoms with Gasteiger partial charge in [-0.1, -0.05) is 52.0 Å². The molecule has 4 atom stereocenters. The molecule has 0 spiro atoms. The van der Waals surface area contributed by atoms with Crippen molar-refractivity contribution in [2.75, 3.05) is 54.1 Å². The molecule has 0 saturated carbocycles. The lowest BCUT2D eigenvalue weighted by atomic mass is 9.80. The van der Waals surface area contributed by atoms with Crippen molar-refractivity contribution in [3.8, 4) is 5.75 Å². The van der Waals surface area contributed by atoms with Crippen LogP contribution in [0, 0.1) is 11.3 Å². The van der Waals surface area contributed by atoms with Gasteiger partial charge < -0.3 is 46.3 Å². The van der Waals surface area contributed by atoms with Crippen LogP contribution in [0.1, 0.15) is 92.6 Å². The Morgan fingerprint density at radius 3 is 2.22 bits per heavy atom. The summed E-state index contributed by atoms with van der Waals surface area (Å²) in [7, 11) is -4.96. The lowest BCUT2D eigenvalue weighted by molar-refractivity contribution is -0.137. The van der Waals surface area contributed by atoms with Crippen LogP contribution in [0.4, 0.5) is 17.1 Å². The normalized spacial score (nSPS) is 15.8. The third-order valence-corrected chi connectivity index (χ3v) is 14.5. The number of hydrogen-bond donors (Lipinski definition) is 9. The number of halogens is 1. The minimum Gasteiger partial charge on any atom is -0.404 e. The number of amides is 8. The van der Waals surface area contributed by atoms with Gasteiger partial charge in [-0.3, -0.25) is 53.0 Å². The number of carbonyl (C=O) groups is 8. The smallest absolute Gasteiger partial charge is 0.404 e. The van der Waals surface area contributed by atoms with E-state index < -0.39 is 60.8 Å². The first-order chi connectivity index (χ1) is 36.6. The average molecular weight is 1100 g/mol. The molecule has 0 radical (unpaired) electrons. The van der Waals surface area contributed by atoms with Crippen molar-refractivity contribution >= 4 is 105 Å². The molecule has 2 aliphatic heterocycles. The van der Waals surface area contributed by atoms with Crippen molar-refractivity contribution in [2.45, 2.75) is 78.3 Å². The molecule has 4 aromatic carbocycles. The van der Waals surface area contributed by atoms with Crippen LogP contribution in [0.3, 0.4) is 0 Å². The first-order valence-electron chi connectivity index (χ1n) is 25.2. The van der Waals surface area contributed by atoms with Crippen LogP contribution in [0.15, 0.2) is 91.0 Å². The van der Waals surface area contributed by atoms with Crippen LogP contribution in [0.5, 0.6) is 5.75 Å². The number of phosphoric ester groups is 1. The molecule has 7 rings (SSSR count). The SMILES string of the molecule is CCC(C)(CNC(C)=O)C[C@H](NC(=O)[C@@H](NCCNC(=O)CCCN1C(=O)C=CC1=O)C(C)C)C(=O)Nc1ccc(C(=O)Nc2ccc3[nH]c(C(=O)N4C[C@@H](CCl)c5c4cc(OP(=O)(O)O)c4ccccc54)cc3c2)cc1. The molecule has 21 nitrogen and oxygen atoms in total. The monoisotopic (exact) mass is 1100 g/mol. The number of aromatic amines is 1. The Bertz CT molecular complexity index is 3160. The molecular formula is C54H63ClN9O12P. The number of fused-ring (bicyclic) bond motifs is 4. The molecule has 0 fully saturated rings. The van der Waals surface area contributed by atoms with Crippen LogP contribution in [-0.2, 0) is 33.3 Å². The molecule has 23 heteroatoms. The predicted octanol–water partition coefficient (Wildman–Crippen LogP) is 5.83. The van der Waals surface area contributed by atoms with E-state index in [4.69, 9.17) is 16.1 Å². The lowest BCUT2D eigenvalue weighted by Gasteiger charge is -2.33. The Morgan fingerprint density at radius 2 is 1.57 bits per heavy atom. The number of imide groups is 1. The van der Waals surface area contributed by atoms with E-state index in [1.54, 1.807) is 60.7 Å². The van der Waals surface area contributed by atoms with E-state index in [2.05, 4.69) is 36.9 Å². The summed E-state index contributed by atoms with van der Waals surface area (Å²) in [4.78, 5) is 129. The number of benzene rings is 4. The van der Waals surface area contributed by atoms with Gasteiger partial charge in [-0.05, 0) is 90.1 Å². The molecule has 0 bridgehead atoms. The highest BCUT2D eigenvalue weighted by atomic mass is 35.5. The molecular weight excluding hydrogens is 1030 g/mol. The highest BCUT2D eigenvalue weighted by Crippen LogP contribution is 2.49. The van der Waals surface area contributed by atoms with Gasteiger partial charge in [0, 0.05) is 109 Å². The molecule has 1 aromatic heterocycles. The number of aromatic nitrogens is 1. The van der Waals surface area contributed by atoms with Crippen molar-refractivity contribution in [1.82, 2.24) is 31.2 Å². The summed E-state index contributed by atoms with van der Waals surface area (Å²) in [6.45, 7) is 9.89. The molecule has 9 N–H and O–H groups in total. The number of phosphoric acid groups is 1. The number of hydrogen-bond acceptors (Lipinski definition) is 11. The first kappa shape index (κ1) is 57.3. The quantitative estimate of drug-likeness (QED) is 0.0152. The zero-order valence-electron chi connectivity index (χ0n) is 43.2. The van der Waals surface area contributed by atoms with E-state index in [1.807, 2.05) is 27.7 Å². The molecule has 5 aromatic rings. The van der Waals surface area contributed by atoms with E-state index in [-0.39, 0.29) is 92.1 Å². The second kappa shape index (κ2) is 24.7. The summed E-state index contributed by atoms with van der Waals surface area (Å²) < 4.78 is 17.0. The Kier molecular flexibility index (Phi) is 18.4. The second-order valence-corrected chi connectivity index (χ2v) is 21.3. The second-order valence-electron chi connectivity index (χ2n) is 19.8. The van der Waals surface area contributed by atoms with Gasteiger partial charge in [-0.2, -0.15) is 0 Å². The molecule has 408 valence electrons. The van der Waals surface area contributed by atoms with E-state index in [9.17, 15) is 52.7 Å². The van der Waals surface area contributed by atoms with Gasteiger partial charge in [-0.15, -0.1) is 11.6 Å². The van der Waals surface area contributed by atoms with Crippen LogP contribution in [-0.4, -0.2) is 118 Å². The van der Waals surface area contributed by atoms with Crippen LogP contribution in [0.2, 0.25) is 0 Å². The maximum atomic E-state index is 14.2. The van der Waals surface area contributed by atoms with E-state index in [0.717, 1.165) is 10.5 Å². The fraction of sp³-hybridized carbons (Fsp3) is 0.370. The van der Waals surface area contributed by atoms with Crippen LogP contribution in [0.25, 0.3) is 21.7 Å².